The summed E-state index contributed by atoms with van der Waals surface area (Å²) in [4.78, 5) is 25.0. The van der Waals surface area contributed by atoms with Crippen LogP contribution >= 0.6 is 0 Å². The molecule has 1 fully saturated rings. The Morgan fingerprint density at radius 2 is 1.65 bits per heavy atom. The van der Waals surface area contributed by atoms with E-state index < -0.39 is 5.60 Å². The van der Waals surface area contributed by atoms with Crippen molar-refractivity contribution >= 4 is 11.6 Å². The summed E-state index contributed by atoms with van der Waals surface area (Å²) < 4.78 is 6.58. The molecule has 0 N–H and O–H groups in total. The summed E-state index contributed by atoms with van der Waals surface area (Å²) in [5.74, 6) is 2.79. The van der Waals surface area contributed by atoms with Crippen LogP contribution < -0.4 is 9.64 Å². The number of aromatic nitrogens is 2. The fourth-order valence-electron chi connectivity index (χ4n) is 5.52. The molecule has 5 heteroatoms. The second-order valence-electron chi connectivity index (χ2n) is 10.1. The van der Waals surface area contributed by atoms with Crippen molar-refractivity contribution in [1.29, 1.82) is 0 Å². The normalized spacial score (nSPS) is 17.0. The molecular weight excluding hydrogens is 422 g/mol. The highest BCUT2D eigenvalue weighted by molar-refractivity contribution is 6.01. The molecule has 0 amide bonds. The monoisotopic (exact) mass is 455 g/mol. The number of carbonyl (C=O) groups excluding carboxylic acids is 1. The summed E-state index contributed by atoms with van der Waals surface area (Å²) in [7, 11) is 0. The quantitative estimate of drug-likeness (QED) is 0.513. The maximum absolute atomic E-state index is 13.1. The van der Waals surface area contributed by atoms with E-state index >= 15 is 0 Å². The molecule has 5 rings (SSSR count). The van der Waals surface area contributed by atoms with Crippen LogP contribution in [0.4, 0.5) is 5.82 Å². The lowest BCUT2D eigenvalue weighted by atomic mass is 9.81. The van der Waals surface area contributed by atoms with Gasteiger partial charge in [-0.15, -0.1) is 0 Å². The standard InChI is InChI=1S/C29H33N3O2/c1-18-6-8-23(9-7-18)16-24-21(4)30-22(5)31-28(24)32-12-10-29(11-13-32)17-25(33)27-20(3)14-19(2)15-26(27)34-29/h6-9,14-15H,10-13,16-17H2,1-5H3. The number of nitrogens with zero attached hydrogens (tertiary/aromatic N) is 3. The minimum atomic E-state index is -0.422. The van der Waals surface area contributed by atoms with Gasteiger partial charge in [-0.2, -0.15) is 0 Å². The van der Waals surface area contributed by atoms with Crippen molar-refractivity contribution in [2.24, 2.45) is 0 Å². The van der Waals surface area contributed by atoms with Crippen LogP contribution in [0.1, 0.15) is 69.0 Å². The van der Waals surface area contributed by atoms with Gasteiger partial charge in [-0.1, -0.05) is 35.9 Å². The smallest absolute Gasteiger partial charge is 0.170 e. The first-order valence-corrected chi connectivity index (χ1v) is 12.2. The van der Waals surface area contributed by atoms with Crippen LogP contribution in [0.25, 0.3) is 0 Å². The highest BCUT2D eigenvalue weighted by Gasteiger charge is 2.44. The van der Waals surface area contributed by atoms with E-state index in [1.54, 1.807) is 0 Å². The summed E-state index contributed by atoms with van der Waals surface area (Å²) in [6, 6.07) is 12.8. The number of rotatable bonds is 3. The van der Waals surface area contributed by atoms with Crippen LogP contribution in [-0.2, 0) is 6.42 Å². The number of fused-ring (bicyclic) bond motifs is 1. The number of anilines is 1. The van der Waals surface area contributed by atoms with Crippen molar-refractivity contribution in [3.63, 3.8) is 0 Å². The number of ether oxygens (including phenoxy) is 1. The molecular formula is C29H33N3O2. The van der Waals surface area contributed by atoms with Crippen LogP contribution in [0, 0.1) is 34.6 Å². The van der Waals surface area contributed by atoms with E-state index in [1.165, 1.54) is 16.7 Å². The van der Waals surface area contributed by atoms with Gasteiger partial charge in [0.15, 0.2) is 5.78 Å². The Balaban J connectivity index is 1.40. The van der Waals surface area contributed by atoms with E-state index in [4.69, 9.17) is 9.72 Å². The first kappa shape index (κ1) is 22.6. The van der Waals surface area contributed by atoms with E-state index in [-0.39, 0.29) is 5.78 Å². The maximum atomic E-state index is 13.1. The molecule has 0 unspecified atom stereocenters. The van der Waals surface area contributed by atoms with E-state index in [1.807, 2.05) is 19.9 Å². The number of carbonyl (C=O) groups is 1. The summed E-state index contributed by atoms with van der Waals surface area (Å²) >= 11 is 0. The first-order valence-electron chi connectivity index (χ1n) is 12.2. The van der Waals surface area contributed by atoms with Gasteiger partial charge in [-0.25, -0.2) is 9.97 Å². The van der Waals surface area contributed by atoms with Crippen molar-refractivity contribution in [3.05, 3.63) is 81.3 Å². The molecule has 0 aliphatic carbocycles. The lowest BCUT2D eigenvalue weighted by Gasteiger charge is -2.45. The maximum Gasteiger partial charge on any atom is 0.170 e. The third kappa shape index (κ3) is 4.20. The molecule has 0 saturated carbocycles. The molecule has 176 valence electrons. The largest absolute Gasteiger partial charge is 0.486 e. The molecule has 1 saturated heterocycles. The topological polar surface area (TPSA) is 55.3 Å². The molecule has 0 bridgehead atoms. The van der Waals surface area contributed by atoms with Gasteiger partial charge in [-0.3, -0.25) is 4.79 Å². The molecule has 5 nitrogen and oxygen atoms in total. The van der Waals surface area contributed by atoms with Crippen LogP contribution in [0.5, 0.6) is 5.75 Å². The van der Waals surface area contributed by atoms with Crippen molar-refractivity contribution in [2.75, 3.05) is 18.0 Å². The first-order chi connectivity index (χ1) is 16.2. The van der Waals surface area contributed by atoms with Gasteiger partial charge in [-0.05, 0) is 57.4 Å². The van der Waals surface area contributed by atoms with E-state index in [9.17, 15) is 4.79 Å². The third-order valence-electron chi connectivity index (χ3n) is 7.31. The zero-order chi connectivity index (χ0) is 24.0. The van der Waals surface area contributed by atoms with E-state index in [0.717, 1.165) is 72.1 Å². The minimum Gasteiger partial charge on any atom is -0.486 e. The lowest BCUT2D eigenvalue weighted by molar-refractivity contribution is 0.0229. The minimum absolute atomic E-state index is 0.209. The molecule has 3 heterocycles. The predicted molar refractivity (Wildman–Crippen MR) is 135 cm³/mol. The zero-order valence-electron chi connectivity index (χ0n) is 20.9. The third-order valence-corrected chi connectivity index (χ3v) is 7.31. The Kier molecular flexibility index (Phi) is 5.67. The van der Waals surface area contributed by atoms with Gasteiger partial charge >= 0.3 is 0 Å². The Bertz CT molecular complexity index is 1260. The number of benzene rings is 2. The zero-order valence-corrected chi connectivity index (χ0v) is 20.9. The van der Waals surface area contributed by atoms with Gasteiger partial charge in [0.2, 0.25) is 0 Å². The van der Waals surface area contributed by atoms with Gasteiger partial charge in [0, 0.05) is 43.6 Å². The second-order valence-corrected chi connectivity index (χ2v) is 10.1. The van der Waals surface area contributed by atoms with Crippen molar-refractivity contribution < 1.29 is 9.53 Å². The molecule has 2 aromatic carbocycles. The van der Waals surface area contributed by atoms with Crippen LogP contribution in [0.3, 0.4) is 0 Å². The SMILES string of the molecule is Cc1ccc(Cc2c(C)nc(C)nc2N2CCC3(CC2)CC(=O)c2c(C)cc(C)cc2O3)cc1. The number of ketones is 1. The Labute approximate surface area is 202 Å². The molecule has 2 aliphatic rings. The van der Waals surface area contributed by atoms with E-state index in [2.05, 4.69) is 61.0 Å². The lowest BCUT2D eigenvalue weighted by Crippen LogP contribution is -2.51. The number of aryl methyl sites for hydroxylation is 5. The highest BCUT2D eigenvalue weighted by Crippen LogP contribution is 2.42. The fourth-order valence-corrected chi connectivity index (χ4v) is 5.52. The molecule has 3 aromatic rings. The predicted octanol–water partition coefficient (Wildman–Crippen LogP) is 5.61. The summed E-state index contributed by atoms with van der Waals surface area (Å²) in [5, 5.41) is 0. The molecule has 34 heavy (non-hydrogen) atoms. The van der Waals surface area contributed by atoms with Crippen molar-refractivity contribution in [3.8, 4) is 5.75 Å². The van der Waals surface area contributed by atoms with Crippen molar-refractivity contribution in [2.45, 2.75) is 65.9 Å². The van der Waals surface area contributed by atoms with Gasteiger partial charge in [0.1, 0.15) is 23.0 Å². The average molecular weight is 456 g/mol. The average Bonchev–Trinajstić information content (AvgIpc) is 2.76. The number of hydrogen-bond donors (Lipinski definition) is 0. The summed E-state index contributed by atoms with van der Waals surface area (Å²) in [5.41, 5.74) is 7.23. The number of Topliss-reactive ketones (excluding diaryl/α,β-unsaturated/α-hetero) is 1. The van der Waals surface area contributed by atoms with Crippen LogP contribution in [-0.4, -0.2) is 34.4 Å². The number of piperidine rings is 1. The summed E-state index contributed by atoms with van der Waals surface area (Å²) in [6.45, 7) is 11.8. The molecule has 1 aromatic heterocycles. The van der Waals surface area contributed by atoms with Crippen LogP contribution in [0.15, 0.2) is 36.4 Å². The number of hydrogen-bond acceptors (Lipinski definition) is 5. The van der Waals surface area contributed by atoms with Gasteiger partial charge < -0.3 is 9.64 Å². The molecule has 1 spiro atoms. The molecule has 0 atom stereocenters. The highest BCUT2D eigenvalue weighted by atomic mass is 16.5. The Morgan fingerprint density at radius 3 is 2.35 bits per heavy atom. The molecule has 2 aliphatic heterocycles. The van der Waals surface area contributed by atoms with E-state index in [0.29, 0.717) is 6.42 Å². The van der Waals surface area contributed by atoms with Crippen molar-refractivity contribution in [1.82, 2.24) is 9.97 Å². The van der Waals surface area contributed by atoms with Gasteiger partial charge in [0.05, 0.1) is 12.0 Å². The summed E-state index contributed by atoms with van der Waals surface area (Å²) in [6.07, 6.45) is 2.87. The second kappa shape index (κ2) is 8.53. The fraction of sp³-hybridized carbons (Fsp3) is 0.414. The Hall–Kier alpha value is -3.21. The molecule has 0 radical (unpaired) electrons. The van der Waals surface area contributed by atoms with Crippen LogP contribution in [0.2, 0.25) is 0 Å². The Morgan fingerprint density at radius 1 is 0.941 bits per heavy atom. The van der Waals surface area contributed by atoms with Gasteiger partial charge in [0.25, 0.3) is 0 Å².